The number of hydrogen-bond acceptors (Lipinski definition) is 7. The lowest BCUT2D eigenvalue weighted by Crippen LogP contribution is -2.05. The molecule has 9 heteroatoms. The summed E-state index contributed by atoms with van der Waals surface area (Å²) < 4.78 is 10.3. The zero-order chi connectivity index (χ0) is 20.3. The third-order valence-electron chi connectivity index (χ3n) is 3.73. The minimum Gasteiger partial charge on any atom is -0.480 e. The maximum absolute atomic E-state index is 12.4. The number of carbonyl (C=O) groups is 1. The normalized spacial score (nSPS) is 11.1. The molecule has 1 heterocycles. The summed E-state index contributed by atoms with van der Waals surface area (Å²) in [6.45, 7) is 1.74. The predicted molar refractivity (Wildman–Crippen MR) is 107 cm³/mol. The highest BCUT2D eigenvalue weighted by molar-refractivity contribution is 6.39. The van der Waals surface area contributed by atoms with E-state index in [1.807, 2.05) is 6.07 Å². The number of furan rings is 1. The topological polar surface area (TPSA) is 110 Å². The van der Waals surface area contributed by atoms with Crippen molar-refractivity contribution in [1.29, 1.82) is 0 Å². The van der Waals surface area contributed by atoms with E-state index < -0.39 is 11.9 Å². The smallest absolute Gasteiger partial charge is 0.346 e. The largest absolute Gasteiger partial charge is 0.480 e. The van der Waals surface area contributed by atoms with E-state index in [9.17, 15) is 9.90 Å². The second-order valence-corrected chi connectivity index (χ2v) is 6.39. The monoisotopic (exact) mass is 419 g/mol. The van der Waals surface area contributed by atoms with Crippen molar-refractivity contribution >= 4 is 46.4 Å². The van der Waals surface area contributed by atoms with E-state index in [0.29, 0.717) is 11.3 Å². The molecular weight excluding hydrogens is 405 g/mol. The molecule has 3 rings (SSSR count). The van der Waals surface area contributed by atoms with Crippen LogP contribution in [0.25, 0.3) is 11.1 Å². The van der Waals surface area contributed by atoms with Gasteiger partial charge in [-0.05, 0) is 36.8 Å². The summed E-state index contributed by atoms with van der Waals surface area (Å²) in [7, 11) is 0. The first-order valence-electron chi connectivity index (χ1n) is 8.17. The van der Waals surface area contributed by atoms with E-state index in [1.165, 1.54) is 12.1 Å². The fourth-order valence-corrected chi connectivity index (χ4v) is 2.95. The third-order valence-corrected chi connectivity index (χ3v) is 4.36. The molecule has 0 amide bonds. The molecule has 0 bridgehead atoms. The van der Waals surface area contributed by atoms with Crippen LogP contribution in [-0.4, -0.2) is 17.7 Å². The lowest BCUT2D eigenvalue weighted by Gasteiger charge is -2.07. The summed E-state index contributed by atoms with van der Waals surface area (Å²) in [4.78, 5) is 12.4. The molecule has 0 spiro atoms. The highest BCUT2D eigenvalue weighted by Crippen LogP contribution is 2.45. The van der Waals surface area contributed by atoms with Gasteiger partial charge in [0.2, 0.25) is 0 Å². The lowest BCUT2D eigenvalue weighted by atomic mass is 10.0. The molecule has 0 fully saturated rings. The molecule has 28 heavy (non-hydrogen) atoms. The van der Waals surface area contributed by atoms with Gasteiger partial charge >= 0.3 is 5.97 Å². The number of halogens is 2. The van der Waals surface area contributed by atoms with E-state index in [-0.39, 0.29) is 39.4 Å². The summed E-state index contributed by atoms with van der Waals surface area (Å²) in [6, 6.07) is 11.8. The first kappa shape index (κ1) is 19.7. The van der Waals surface area contributed by atoms with Gasteiger partial charge in [0.25, 0.3) is 11.8 Å². The number of anilines is 1. The summed E-state index contributed by atoms with van der Waals surface area (Å²) in [5, 5.41) is 18.6. The Morgan fingerprint density at radius 1 is 1.18 bits per heavy atom. The summed E-state index contributed by atoms with van der Waals surface area (Å²) in [5.41, 5.74) is 6.81. The van der Waals surface area contributed by atoms with Crippen molar-refractivity contribution in [2.75, 3.05) is 12.3 Å². The fourth-order valence-electron chi connectivity index (χ4n) is 2.46. The molecule has 144 valence electrons. The standard InChI is InChI=1S/C19H15Cl2N3O4/c1-2-27-18(25)15-14(10-8-12(20)16(22)13(21)9-10)17(28-19(15)26)24-23-11-6-4-3-5-7-11/h3-9,26H,2,22H2,1H3. The number of nitrogen functional groups attached to an aromatic ring is 1. The van der Waals surface area contributed by atoms with Gasteiger partial charge in [0.15, 0.2) is 5.56 Å². The van der Waals surface area contributed by atoms with Crippen LogP contribution in [0.4, 0.5) is 17.3 Å². The van der Waals surface area contributed by atoms with E-state index in [0.717, 1.165) is 0 Å². The number of nitrogens with two attached hydrogens (primary N) is 1. The quantitative estimate of drug-likeness (QED) is 0.293. The number of azo groups is 1. The molecule has 1 aromatic heterocycles. The number of carbonyl (C=O) groups excluding carboxylic acids is 1. The van der Waals surface area contributed by atoms with Gasteiger partial charge in [-0.3, -0.25) is 0 Å². The van der Waals surface area contributed by atoms with Crippen LogP contribution in [0.15, 0.2) is 57.1 Å². The van der Waals surface area contributed by atoms with Crippen LogP contribution in [0.2, 0.25) is 10.0 Å². The summed E-state index contributed by atoms with van der Waals surface area (Å²) in [6.07, 6.45) is 0. The van der Waals surface area contributed by atoms with E-state index in [1.54, 1.807) is 31.2 Å². The molecule has 3 N–H and O–H groups in total. The second kappa shape index (κ2) is 8.33. The van der Waals surface area contributed by atoms with Crippen LogP contribution in [-0.2, 0) is 4.74 Å². The van der Waals surface area contributed by atoms with Gasteiger partial charge in [0.05, 0.1) is 33.6 Å². The van der Waals surface area contributed by atoms with Gasteiger partial charge in [0, 0.05) is 0 Å². The molecule has 3 aromatic rings. The Hall–Kier alpha value is -3.03. The molecule has 7 nitrogen and oxygen atoms in total. The zero-order valence-corrected chi connectivity index (χ0v) is 16.2. The Morgan fingerprint density at radius 2 is 1.82 bits per heavy atom. The lowest BCUT2D eigenvalue weighted by molar-refractivity contribution is 0.0521. The van der Waals surface area contributed by atoms with Crippen molar-refractivity contribution in [3.8, 4) is 17.1 Å². The van der Waals surface area contributed by atoms with Gasteiger partial charge < -0.3 is 20.0 Å². The maximum Gasteiger partial charge on any atom is 0.346 e. The molecule has 0 saturated heterocycles. The minimum absolute atomic E-state index is 0.104. The highest BCUT2D eigenvalue weighted by atomic mass is 35.5. The van der Waals surface area contributed by atoms with E-state index in [2.05, 4.69) is 10.2 Å². The number of hydrogen-bond donors (Lipinski definition) is 2. The number of rotatable bonds is 5. The van der Waals surface area contributed by atoms with E-state index >= 15 is 0 Å². The molecule has 0 aliphatic rings. The van der Waals surface area contributed by atoms with Crippen LogP contribution in [0.1, 0.15) is 17.3 Å². The highest BCUT2D eigenvalue weighted by Gasteiger charge is 2.29. The molecule has 0 atom stereocenters. The molecule has 2 aromatic carbocycles. The second-order valence-electron chi connectivity index (χ2n) is 5.57. The number of nitrogens with zero attached hydrogens (tertiary/aromatic N) is 2. The van der Waals surface area contributed by atoms with Gasteiger partial charge in [-0.25, -0.2) is 4.79 Å². The molecular formula is C19H15Cl2N3O4. The van der Waals surface area contributed by atoms with Gasteiger partial charge in [-0.1, -0.05) is 41.4 Å². The minimum atomic E-state index is -0.788. The summed E-state index contributed by atoms with van der Waals surface area (Å²) in [5.74, 6) is -1.55. The Kier molecular flexibility index (Phi) is 5.87. The number of aromatic hydroxyl groups is 1. The number of ether oxygens (including phenoxy) is 1. The SMILES string of the molecule is CCOC(=O)c1c(O)oc(N=Nc2ccccc2)c1-c1cc(Cl)c(N)c(Cl)c1. The van der Waals surface area contributed by atoms with Crippen LogP contribution in [0.5, 0.6) is 5.95 Å². The average molecular weight is 420 g/mol. The molecule has 0 aliphatic heterocycles. The molecule has 0 radical (unpaired) electrons. The van der Waals surface area contributed by atoms with Crippen molar-refractivity contribution in [2.45, 2.75) is 6.92 Å². The Labute approximate surface area is 170 Å². The molecule has 0 saturated carbocycles. The first-order chi connectivity index (χ1) is 13.4. The van der Waals surface area contributed by atoms with Crippen LogP contribution < -0.4 is 5.73 Å². The van der Waals surface area contributed by atoms with Crippen LogP contribution in [0.3, 0.4) is 0 Å². The zero-order valence-electron chi connectivity index (χ0n) is 14.6. The van der Waals surface area contributed by atoms with Crippen LogP contribution in [0, 0.1) is 0 Å². The molecule has 0 aliphatic carbocycles. The maximum atomic E-state index is 12.4. The Morgan fingerprint density at radius 3 is 2.43 bits per heavy atom. The number of esters is 1. The predicted octanol–water partition coefficient (Wildman–Crippen LogP) is 6.13. The first-order valence-corrected chi connectivity index (χ1v) is 8.92. The van der Waals surface area contributed by atoms with Crippen molar-refractivity contribution in [2.24, 2.45) is 10.2 Å². The number of benzene rings is 2. The fraction of sp³-hybridized carbons (Fsp3) is 0.105. The van der Waals surface area contributed by atoms with Crippen molar-refractivity contribution in [3.05, 3.63) is 58.1 Å². The van der Waals surface area contributed by atoms with Crippen molar-refractivity contribution in [3.63, 3.8) is 0 Å². The van der Waals surface area contributed by atoms with Crippen molar-refractivity contribution in [1.82, 2.24) is 0 Å². The van der Waals surface area contributed by atoms with Crippen LogP contribution >= 0.6 is 23.2 Å². The molecule has 0 unspecified atom stereocenters. The van der Waals surface area contributed by atoms with Crippen molar-refractivity contribution < 1.29 is 19.1 Å². The third kappa shape index (κ3) is 3.95. The Bertz CT molecular complexity index is 1030. The van der Waals surface area contributed by atoms with Gasteiger partial charge in [-0.2, -0.15) is 0 Å². The average Bonchev–Trinajstić information content (AvgIpc) is 3.01. The van der Waals surface area contributed by atoms with E-state index in [4.69, 9.17) is 38.1 Å². The Balaban J connectivity index is 2.19. The van der Waals surface area contributed by atoms with Gasteiger partial charge in [-0.15, -0.1) is 10.2 Å². The van der Waals surface area contributed by atoms with Gasteiger partial charge in [0.1, 0.15) is 0 Å². The summed E-state index contributed by atoms with van der Waals surface area (Å²) >= 11 is 12.2.